The Hall–Kier alpha value is -2.66. The lowest BCUT2D eigenvalue weighted by atomic mass is 10.1. The average molecular weight is 282 g/mol. The summed E-state index contributed by atoms with van der Waals surface area (Å²) in [5.41, 5.74) is 8.15. The quantitative estimate of drug-likeness (QED) is 0.661. The summed E-state index contributed by atoms with van der Waals surface area (Å²) >= 11 is 0. The van der Waals surface area contributed by atoms with Crippen LogP contribution in [0.15, 0.2) is 42.5 Å². The van der Waals surface area contributed by atoms with Crippen LogP contribution in [0.1, 0.15) is 26.3 Å². The number of rotatable bonds is 3. The minimum atomic E-state index is -0.400. The summed E-state index contributed by atoms with van der Waals surface area (Å²) in [7, 11) is 0. The minimum Gasteiger partial charge on any atom is -0.398 e. The lowest BCUT2D eigenvalue weighted by Gasteiger charge is -2.14. The van der Waals surface area contributed by atoms with Crippen LogP contribution in [0.5, 0.6) is 0 Å². The topological polar surface area (TPSA) is 83.6 Å². The molecule has 0 spiro atoms. The van der Waals surface area contributed by atoms with Gasteiger partial charge in [0.15, 0.2) is 0 Å². The van der Waals surface area contributed by atoms with Gasteiger partial charge in [-0.3, -0.25) is 9.59 Å². The molecule has 21 heavy (non-hydrogen) atoms. The number of amides is 2. The zero-order valence-electron chi connectivity index (χ0n) is 11.2. The van der Waals surface area contributed by atoms with E-state index in [1.54, 1.807) is 42.5 Å². The number of fused-ring (bicyclic) bond motifs is 1. The molecule has 0 radical (unpaired) electrons. The Bertz CT molecular complexity index is 723. The Kier molecular flexibility index (Phi) is 3.19. The fourth-order valence-electron chi connectivity index (χ4n) is 2.49. The summed E-state index contributed by atoms with van der Waals surface area (Å²) in [5.74, 6) is -0.764. The molecule has 0 aromatic heterocycles. The van der Waals surface area contributed by atoms with Gasteiger partial charge in [0.05, 0.1) is 16.8 Å². The van der Waals surface area contributed by atoms with Gasteiger partial charge in [0.2, 0.25) is 0 Å². The number of nitrogen functional groups attached to an aromatic ring is 1. The molecule has 0 unspecified atom stereocenters. The molecule has 1 aliphatic rings. The van der Waals surface area contributed by atoms with Gasteiger partial charge in [-0.05, 0) is 36.2 Å². The number of aliphatic hydroxyl groups is 1. The van der Waals surface area contributed by atoms with Crippen LogP contribution in [0.4, 0.5) is 11.4 Å². The number of carbonyl (C=O) groups is 2. The molecule has 3 rings (SSSR count). The van der Waals surface area contributed by atoms with Crippen LogP contribution in [0.25, 0.3) is 0 Å². The maximum atomic E-state index is 12.4. The molecular formula is C16H14N2O3. The van der Waals surface area contributed by atoms with Gasteiger partial charge in [-0.2, -0.15) is 0 Å². The number of hydrogen-bond acceptors (Lipinski definition) is 4. The fraction of sp³-hybridized carbons (Fsp3) is 0.125. The van der Waals surface area contributed by atoms with Gasteiger partial charge >= 0.3 is 0 Å². The molecule has 1 heterocycles. The van der Waals surface area contributed by atoms with Gasteiger partial charge < -0.3 is 10.8 Å². The van der Waals surface area contributed by atoms with E-state index in [1.165, 1.54) is 0 Å². The van der Waals surface area contributed by atoms with Gasteiger partial charge in [-0.25, -0.2) is 4.90 Å². The average Bonchev–Trinajstić information content (AvgIpc) is 2.74. The van der Waals surface area contributed by atoms with Gasteiger partial charge in [0.25, 0.3) is 11.8 Å². The third-order valence-corrected chi connectivity index (χ3v) is 3.54. The molecule has 106 valence electrons. The molecule has 0 bridgehead atoms. The second kappa shape index (κ2) is 5.03. The summed E-state index contributed by atoms with van der Waals surface area (Å²) in [6.45, 7) is 0.0584. The van der Waals surface area contributed by atoms with Crippen molar-refractivity contribution >= 4 is 23.2 Å². The van der Waals surface area contributed by atoms with Crippen molar-refractivity contribution < 1.29 is 14.7 Å². The third kappa shape index (κ3) is 2.08. The van der Waals surface area contributed by atoms with E-state index in [9.17, 15) is 9.59 Å². The minimum absolute atomic E-state index is 0.0584. The summed E-state index contributed by atoms with van der Waals surface area (Å²) in [6, 6.07) is 11.8. The number of anilines is 2. The first kappa shape index (κ1) is 13.3. The van der Waals surface area contributed by atoms with Crippen LogP contribution in [-0.4, -0.2) is 23.5 Å². The molecule has 2 aromatic carbocycles. The first-order valence-corrected chi connectivity index (χ1v) is 6.60. The molecule has 0 saturated carbocycles. The highest BCUT2D eigenvalue weighted by Gasteiger charge is 2.37. The number of benzene rings is 2. The lowest BCUT2D eigenvalue weighted by molar-refractivity contribution is 0.0926. The van der Waals surface area contributed by atoms with Crippen molar-refractivity contribution in [1.82, 2.24) is 0 Å². The number of nitrogens with zero attached hydrogens (tertiary/aromatic N) is 1. The fourth-order valence-corrected chi connectivity index (χ4v) is 2.49. The third-order valence-electron chi connectivity index (χ3n) is 3.54. The van der Waals surface area contributed by atoms with Crippen molar-refractivity contribution in [1.29, 1.82) is 0 Å². The van der Waals surface area contributed by atoms with Crippen LogP contribution in [-0.2, 0) is 6.42 Å². The van der Waals surface area contributed by atoms with E-state index in [-0.39, 0.29) is 18.1 Å². The van der Waals surface area contributed by atoms with Gasteiger partial charge in [0, 0.05) is 12.3 Å². The molecule has 1 aliphatic heterocycles. The lowest BCUT2D eigenvalue weighted by Crippen LogP contribution is -2.29. The summed E-state index contributed by atoms with van der Waals surface area (Å²) in [6.07, 6.45) is 0.537. The number of hydrogen-bond donors (Lipinski definition) is 2. The zero-order chi connectivity index (χ0) is 15.0. The second-order valence-corrected chi connectivity index (χ2v) is 4.86. The van der Waals surface area contributed by atoms with Crippen molar-refractivity contribution in [3.05, 3.63) is 59.2 Å². The van der Waals surface area contributed by atoms with E-state index in [1.807, 2.05) is 0 Å². The predicted molar refractivity (Wildman–Crippen MR) is 79.2 cm³/mol. The highest BCUT2D eigenvalue weighted by Crippen LogP contribution is 2.31. The maximum absolute atomic E-state index is 12.4. The molecule has 0 atom stereocenters. The number of carbonyl (C=O) groups excluding carboxylic acids is 2. The second-order valence-electron chi connectivity index (χ2n) is 4.86. The highest BCUT2D eigenvalue weighted by molar-refractivity contribution is 6.35. The molecule has 0 saturated heterocycles. The maximum Gasteiger partial charge on any atom is 0.268 e. The standard InChI is InChI=1S/C16H14N2O3/c17-13-3-1-2-12-14(13)16(21)18(15(12)20)11-6-4-10(5-7-11)8-9-19/h1-7,19H,8-9,17H2. The van der Waals surface area contributed by atoms with Crippen molar-refractivity contribution in [3.63, 3.8) is 0 Å². The van der Waals surface area contributed by atoms with Crippen LogP contribution in [0.2, 0.25) is 0 Å². The number of imide groups is 1. The van der Waals surface area contributed by atoms with Crippen molar-refractivity contribution in [3.8, 4) is 0 Å². The van der Waals surface area contributed by atoms with E-state index in [0.29, 0.717) is 23.4 Å². The Labute approximate surface area is 121 Å². The van der Waals surface area contributed by atoms with Gasteiger partial charge in [0.1, 0.15) is 0 Å². The smallest absolute Gasteiger partial charge is 0.268 e. The van der Waals surface area contributed by atoms with Gasteiger partial charge in [-0.15, -0.1) is 0 Å². The van der Waals surface area contributed by atoms with Crippen LogP contribution >= 0.6 is 0 Å². The molecule has 2 aromatic rings. The Morgan fingerprint density at radius 1 is 1.00 bits per heavy atom. The molecule has 5 heteroatoms. The zero-order valence-corrected chi connectivity index (χ0v) is 11.2. The van der Waals surface area contributed by atoms with Crippen LogP contribution < -0.4 is 10.6 Å². The summed E-state index contributed by atoms with van der Waals surface area (Å²) in [4.78, 5) is 25.9. The molecule has 0 fully saturated rings. The molecule has 0 aliphatic carbocycles. The largest absolute Gasteiger partial charge is 0.398 e. The Morgan fingerprint density at radius 3 is 2.33 bits per heavy atom. The normalized spacial score (nSPS) is 13.7. The van der Waals surface area contributed by atoms with E-state index in [4.69, 9.17) is 10.8 Å². The van der Waals surface area contributed by atoms with E-state index in [2.05, 4.69) is 0 Å². The molecule has 3 N–H and O–H groups in total. The van der Waals surface area contributed by atoms with Gasteiger partial charge in [-0.1, -0.05) is 18.2 Å². The summed E-state index contributed by atoms with van der Waals surface area (Å²) < 4.78 is 0. The monoisotopic (exact) mass is 282 g/mol. The predicted octanol–water partition coefficient (Wildman–Crippen LogP) is 1.60. The number of aliphatic hydroxyl groups excluding tert-OH is 1. The number of nitrogens with two attached hydrogens (primary N) is 1. The Balaban J connectivity index is 2.00. The first-order chi connectivity index (χ1) is 10.1. The first-order valence-electron chi connectivity index (χ1n) is 6.60. The Morgan fingerprint density at radius 2 is 1.71 bits per heavy atom. The highest BCUT2D eigenvalue weighted by atomic mass is 16.3. The molecule has 5 nitrogen and oxygen atoms in total. The van der Waals surface area contributed by atoms with Crippen molar-refractivity contribution in [2.75, 3.05) is 17.2 Å². The summed E-state index contributed by atoms with van der Waals surface area (Å²) in [5, 5.41) is 8.90. The van der Waals surface area contributed by atoms with Crippen molar-refractivity contribution in [2.24, 2.45) is 0 Å². The van der Waals surface area contributed by atoms with Crippen molar-refractivity contribution in [2.45, 2.75) is 6.42 Å². The van der Waals surface area contributed by atoms with E-state index < -0.39 is 5.91 Å². The van der Waals surface area contributed by atoms with Crippen LogP contribution in [0, 0.1) is 0 Å². The SMILES string of the molecule is Nc1cccc2c1C(=O)N(c1ccc(CCO)cc1)C2=O. The molecule has 2 amide bonds. The van der Waals surface area contributed by atoms with Crippen LogP contribution in [0.3, 0.4) is 0 Å². The van der Waals surface area contributed by atoms with E-state index in [0.717, 1.165) is 10.5 Å². The van der Waals surface area contributed by atoms with E-state index >= 15 is 0 Å². The molecular weight excluding hydrogens is 268 g/mol.